The van der Waals surface area contributed by atoms with Crippen LogP contribution in [0.5, 0.6) is 11.5 Å². The number of hydrogen-bond acceptors (Lipinski definition) is 3. The molecule has 1 saturated carbocycles. The van der Waals surface area contributed by atoms with Crippen molar-refractivity contribution in [3.8, 4) is 11.5 Å². The van der Waals surface area contributed by atoms with Crippen LogP contribution in [0.2, 0.25) is 0 Å². The number of carboxylic acids is 1. The Morgan fingerprint density at radius 3 is 2.08 bits per heavy atom. The highest BCUT2D eigenvalue weighted by Gasteiger charge is 2.43. The first kappa shape index (κ1) is 16.5. The molecule has 2 aromatic carbocycles. The van der Waals surface area contributed by atoms with Crippen molar-refractivity contribution in [2.24, 2.45) is 0 Å². The smallest absolute Gasteiger partial charge is 0.313 e. The normalized spacial score (nSPS) is 17.9. The lowest BCUT2D eigenvalue weighted by atomic mass is 9.73. The number of ether oxygens (including phenoxy) is 1. The van der Waals surface area contributed by atoms with Crippen LogP contribution in [0, 0.1) is 0 Å². The predicted molar refractivity (Wildman–Crippen MR) is 91.4 cm³/mol. The van der Waals surface area contributed by atoms with Crippen molar-refractivity contribution >= 4 is 5.97 Å². The highest BCUT2D eigenvalue weighted by Crippen LogP contribution is 2.40. The van der Waals surface area contributed by atoms with Crippen LogP contribution >= 0.6 is 0 Å². The Bertz CT molecular complexity index is 673. The van der Waals surface area contributed by atoms with Crippen molar-refractivity contribution in [1.29, 1.82) is 0 Å². The van der Waals surface area contributed by atoms with Crippen molar-refractivity contribution in [2.75, 3.05) is 0 Å². The van der Waals surface area contributed by atoms with E-state index < -0.39 is 17.5 Å². The summed E-state index contributed by atoms with van der Waals surface area (Å²) >= 11 is 0. The molecular formula is C20H22O4. The zero-order valence-electron chi connectivity index (χ0n) is 13.5. The van der Waals surface area contributed by atoms with Crippen molar-refractivity contribution in [3.05, 3.63) is 60.2 Å². The van der Waals surface area contributed by atoms with Gasteiger partial charge in [-0.05, 0) is 42.7 Å². The summed E-state index contributed by atoms with van der Waals surface area (Å²) in [6.45, 7) is 0. The fourth-order valence-electron chi connectivity index (χ4n) is 3.49. The second-order valence-corrected chi connectivity index (χ2v) is 6.42. The third kappa shape index (κ3) is 3.60. The monoisotopic (exact) mass is 326 g/mol. The van der Waals surface area contributed by atoms with Gasteiger partial charge in [-0.2, -0.15) is 0 Å². The van der Waals surface area contributed by atoms with Crippen molar-refractivity contribution < 1.29 is 19.7 Å². The Labute approximate surface area is 141 Å². The highest BCUT2D eigenvalue weighted by atomic mass is 16.5. The summed E-state index contributed by atoms with van der Waals surface area (Å²) < 4.78 is 5.73. The van der Waals surface area contributed by atoms with E-state index in [0.29, 0.717) is 24.2 Å². The summed E-state index contributed by atoms with van der Waals surface area (Å²) in [5, 5.41) is 20.5. The number of carboxylic acid groups (broad SMARTS) is 1. The fraction of sp³-hybridized carbons (Fsp3) is 0.350. The maximum Gasteiger partial charge on any atom is 0.313 e. The van der Waals surface area contributed by atoms with Gasteiger partial charge >= 0.3 is 5.97 Å². The third-order valence-electron chi connectivity index (χ3n) is 4.70. The number of benzene rings is 2. The fourth-order valence-corrected chi connectivity index (χ4v) is 3.49. The molecule has 0 aliphatic heterocycles. The molecule has 24 heavy (non-hydrogen) atoms. The first-order chi connectivity index (χ1) is 11.6. The Morgan fingerprint density at radius 1 is 0.917 bits per heavy atom. The van der Waals surface area contributed by atoms with Crippen molar-refractivity contribution in [2.45, 2.75) is 43.6 Å². The van der Waals surface area contributed by atoms with Gasteiger partial charge < -0.3 is 14.9 Å². The van der Waals surface area contributed by atoms with Gasteiger partial charge in [-0.25, -0.2) is 0 Å². The molecule has 0 saturated heterocycles. The average molecular weight is 326 g/mol. The number of aliphatic carboxylic acids is 1. The first-order valence-electron chi connectivity index (χ1n) is 8.36. The van der Waals surface area contributed by atoms with Crippen LogP contribution in [0.4, 0.5) is 0 Å². The molecule has 126 valence electrons. The Balaban J connectivity index is 1.80. The number of carbonyl (C=O) groups is 1. The summed E-state index contributed by atoms with van der Waals surface area (Å²) in [5.74, 6) is -0.504. The maximum absolute atomic E-state index is 11.8. The number of rotatable bonds is 5. The van der Waals surface area contributed by atoms with Gasteiger partial charge in [0.15, 0.2) is 0 Å². The lowest BCUT2D eigenvalue weighted by Crippen LogP contribution is -2.42. The topological polar surface area (TPSA) is 66.8 Å². The number of aliphatic hydroxyl groups is 1. The summed E-state index contributed by atoms with van der Waals surface area (Å²) in [5.41, 5.74) is -0.543. The zero-order chi connectivity index (χ0) is 17.0. The predicted octanol–water partition coefficient (Wildman–Crippen LogP) is 4.34. The minimum absolute atomic E-state index is 0.534. The van der Waals surface area contributed by atoms with Crippen molar-refractivity contribution in [1.82, 2.24) is 0 Å². The minimum atomic E-state index is -1.16. The van der Waals surface area contributed by atoms with Gasteiger partial charge in [0.2, 0.25) is 0 Å². The van der Waals surface area contributed by atoms with Gasteiger partial charge in [-0.1, -0.05) is 49.6 Å². The summed E-state index contributed by atoms with van der Waals surface area (Å²) in [6.07, 6.45) is 3.86. The maximum atomic E-state index is 11.8. The molecule has 0 unspecified atom stereocenters. The molecule has 3 rings (SSSR count). The van der Waals surface area contributed by atoms with Gasteiger partial charge in [0.25, 0.3) is 0 Å². The van der Waals surface area contributed by atoms with E-state index in [1.54, 1.807) is 24.3 Å². The van der Waals surface area contributed by atoms with Crippen molar-refractivity contribution in [3.63, 3.8) is 0 Å². The lowest BCUT2D eigenvalue weighted by molar-refractivity contribution is -0.147. The minimum Gasteiger partial charge on any atom is -0.481 e. The quantitative estimate of drug-likeness (QED) is 0.857. The van der Waals surface area contributed by atoms with Crippen LogP contribution in [-0.2, 0) is 4.79 Å². The van der Waals surface area contributed by atoms with E-state index in [2.05, 4.69) is 0 Å². The van der Waals surface area contributed by atoms with Gasteiger partial charge in [0.1, 0.15) is 17.4 Å². The second-order valence-electron chi connectivity index (χ2n) is 6.42. The molecule has 2 N–H and O–H groups in total. The van der Waals surface area contributed by atoms with E-state index in [9.17, 15) is 15.0 Å². The Kier molecular flexibility index (Phi) is 4.86. The summed E-state index contributed by atoms with van der Waals surface area (Å²) in [6, 6.07) is 16.4. The Hall–Kier alpha value is -2.33. The average Bonchev–Trinajstić information content (AvgIpc) is 2.58. The molecule has 0 radical (unpaired) electrons. The van der Waals surface area contributed by atoms with Gasteiger partial charge in [-0.15, -0.1) is 0 Å². The molecule has 4 nitrogen and oxygen atoms in total. The van der Waals surface area contributed by atoms with E-state index in [-0.39, 0.29) is 0 Å². The molecule has 0 heterocycles. The van der Waals surface area contributed by atoms with Crippen LogP contribution < -0.4 is 4.74 Å². The molecule has 0 aromatic heterocycles. The third-order valence-corrected chi connectivity index (χ3v) is 4.70. The van der Waals surface area contributed by atoms with Crippen LogP contribution in [0.25, 0.3) is 0 Å². The lowest BCUT2D eigenvalue weighted by Gasteiger charge is -2.37. The molecule has 1 fully saturated rings. The van der Waals surface area contributed by atoms with Gasteiger partial charge in [-0.3, -0.25) is 4.79 Å². The van der Waals surface area contributed by atoms with Crippen LogP contribution in [0.1, 0.15) is 43.6 Å². The molecular weight excluding hydrogens is 304 g/mol. The SMILES string of the molecule is O=C(O)[C@H](c1ccc(Oc2ccccc2)cc1)C1(O)CCCCC1. The molecule has 0 bridgehead atoms. The van der Waals surface area contributed by atoms with Crippen LogP contribution in [0.15, 0.2) is 54.6 Å². The molecule has 0 spiro atoms. The Morgan fingerprint density at radius 2 is 1.50 bits per heavy atom. The van der Waals surface area contributed by atoms with Gasteiger partial charge in [0, 0.05) is 0 Å². The van der Waals surface area contributed by atoms with E-state index in [1.165, 1.54) is 0 Å². The first-order valence-corrected chi connectivity index (χ1v) is 8.36. The second kappa shape index (κ2) is 7.05. The van der Waals surface area contributed by atoms with E-state index in [4.69, 9.17) is 4.74 Å². The van der Waals surface area contributed by atoms with Crippen LogP contribution in [-0.4, -0.2) is 21.8 Å². The largest absolute Gasteiger partial charge is 0.481 e. The van der Waals surface area contributed by atoms with E-state index in [0.717, 1.165) is 25.0 Å². The highest BCUT2D eigenvalue weighted by molar-refractivity contribution is 5.78. The number of para-hydroxylation sites is 1. The molecule has 1 atom stereocenters. The molecule has 4 heteroatoms. The molecule has 1 aliphatic carbocycles. The van der Waals surface area contributed by atoms with Gasteiger partial charge in [0.05, 0.1) is 5.60 Å². The summed E-state index contributed by atoms with van der Waals surface area (Å²) in [7, 11) is 0. The molecule has 1 aliphatic rings. The summed E-state index contributed by atoms with van der Waals surface area (Å²) in [4.78, 5) is 11.8. The van der Waals surface area contributed by atoms with Crippen LogP contribution in [0.3, 0.4) is 0 Å². The molecule has 0 amide bonds. The molecule has 2 aromatic rings. The van der Waals surface area contributed by atoms with E-state index >= 15 is 0 Å². The van der Waals surface area contributed by atoms with E-state index in [1.807, 2.05) is 30.3 Å². The standard InChI is InChI=1S/C20H22O4/c21-19(22)18(20(23)13-5-2-6-14-20)15-9-11-17(12-10-15)24-16-7-3-1-4-8-16/h1,3-4,7-12,18,23H,2,5-6,13-14H2,(H,21,22)/t18-/m0/s1. The number of hydrogen-bond donors (Lipinski definition) is 2. The zero-order valence-corrected chi connectivity index (χ0v) is 13.5.